The maximum absolute atomic E-state index is 10.4. The van der Waals surface area contributed by atoms with Crippen molar-refractivity contribution in [2.45, 2.75) is 6.04 Å². The number of hydrogen-bond acceptors (Lipinski definition) is 4. The second-order valence-corrected chi connectivity index (χ2v) is 2.51. The van der Waals surface area contributed by atoms with Gasteiger partial charge < -0.3 is 5.53 Å². The van der Waals surface area contributed by atoms with Crippen molar-refractivity contribution in [1.29, 1.82) is 0 Å². The molecule has 0 spiro atoms. The summed E-state index contributed by atoms with van der Waals surface area (Å²) >= 11 is 0. The number of hydrogen-bond donors (Lipinski definition) is 0. The average Bonchev–Trinajstić information content (AvgIpc) is 2.17. The molecule has 0 bridgehead atoms. The second-order valence-electron chi connectivity index (χ2n) is 2.51. The number of nitrogens with zero attached hydrogens (tertiary/aromatic N) is 5. The molecule has 15 heavy (non-hydrogen) atoms. The van der Waals surface area contributed by atoms with Gasteiger partial charge in [-0.3, -0.25) is 0 Å². The van der Waals surface area contributed by atoms with E-state index in [0.29, 0.717) is 0 Å². The maximum atomic E-state index is 10.4. The molecule has 0 saturated carbocycles. The number of allylic oxidation sites excluding steroid dienone is 2. The van der Waals surface area contributed by atoms with Crippen LogP contribution < -0.4 is 0 Å². The molecule has 0 N–H and O–H groups in total. The van der Waals surface area contributed by atoms with Crippen molar-refractivity contribution in [3.05, 3.63) is 50.1 Å². The van der Waals surface area contributed by atoms with Crippen molar-refractivity contribution >= 4 is 5.71 Å². The van der Waals surface area contributed by atoms with Crippen molar-refractivity contribution in [3.63, 3.8) is 0 Å². The van der Waals surface area contributed by atoms with Crippen LogP contribution in [0.5, 0.6) is 0 Å². The van der Waals surface area contributed by atoms with Crippen molar-refractivity contribution in [2.75, 3.05) is 0 Å². The minimum Gasteiger partial charge on any atom is -0.361 e. The zero-order chi connectivity index (χ0) is 11.4. The molecule has 0 aromatic carbocycles. The van der Waals surface area contributed by atoms with Gasteiger partial charge in [-0.25, -0.2) is 20.2 Å². The lowest BCUT2D eigenvalue weighted by molar-refractivity contribution is -0.909. The third-order valence-corrected chi connectivity index (χ3v) is 1.67. The van der Waals surface area contributed by atoms with Crippen molar-refractivity contribution in [3.8, 4) is 0 Å². The van der Waals surface area contributed by atoms with Gasteiger partial charge in [0, 0.05) is 6.08 Å². The Kier molecular flexibility index (Phi) is 2.89. The maximum Gasteiger partial charge on any atom is 0.331 e. The fourth-order valence-electron chi connectivity index (χ4n) is 1.07. The van der Waals surface area contributed by atoms with E-state index in [1.165, 1.54) is 24.3 Å². The normalized spacial score (nSPS) is 18.4. The summed E-state index contributed by atoms with van der Waals surface area (Å²) in [7, 11) is 0. The summed E-state index contributed by atoms with van der Waals surface area (Å²) in [5.41, 5.74) is 8.33. The first kappa shape index (κ1) is 10.5. The van der Waals surface area contributed by atoms with Gasteiger partial charge in [-0.05, 0) is 6.08 Å². The molecule has 9 nitrogen and oxygen atoms in total. The van der Waals surface area contributed by atoms with Crippen molar-refractivity contribution in [2.24, 2.45) is 0 Å². The first-order valence-corrected chi connectivity index (χ1v) is 3.72. The lowest BCUT2D eigenvalue weighted by atomic mass is 10.1. The zero-order valence-electron chi connectivity index (χ0n) is 7.26. The highest BCUT2D eigenvalue weighted by Crippen LogP contribution is 2.08. The van der Waals surface area contributed by atoms with Crippen molar-refractivity contribution < 1.29 is 14.9 Å². The lowest BCUT2D eigenvalue weighted by Crippen LogP contribution is -2.47. The van der Waals surface area contributed by atoms with Crippen LogP contribution in [-0.2, 0) is 0 Å². The predicted molar refractivity (Wildman–Crippen MR) is 46.5 cm³/mol. The molecular formula is C6H5N5O4. The highest BCUT2D eigenvalue weighted by Gasteiger charge is 2.44. The summed E-state index contributed by atoms with van der Waals surface area (Å²) in [6.45, 7) is 0. The molecule has 9 heteroatoms. The van der Waals surface area contributed by atoms with Crippen LogP contribution in [0.15, 0.2) is 24.3 Å². The minimum atomic E-state index is -1.31. The number of nitro groups is 2. The molecule has 0 saturated heterocycles. The van der Waals surface area contributed by atoms with Crippen LogP contribution >= 0.6 is 0 Å². The van der Waals surface area contributed by atoms with Gasteiger partial charge in [0.1, 0.15) is 0 Å². The van der Waals surface area contributed by atoms with Gasteiger partial charge in [0.2, 0.25) is 10.1 Å². The van der Waals surface area contributed by atoms with Gasteiger partial charge in [-0.15, -0.1) is 0 Å². The van der Waals surface area contributed by atoms with E-state index in [1.54, 1.807) is 0 Å². The predicted octanol–water partition coefficient (Wildman–Crippen LogP) is -0.163. The monoisotopic (exact) mass is 211 g/mol. The summed E-state index contributed by atoms with van der Waals surface area (Å²) in [6.07, 6.45) is 5.26. The molecule has 78 valence electrons. The van der Waals surface area contributed by atoms with Gasteiger partial charge in [0.05, 0.1) is 0 Å². The van der Waals surface area contributed by atoms with E-state index in [1.807, 2.05) is 0 Å². The SMILES string of the molecule is [N-]=[N+]=C1C=CC=CC1N([N+](=O)[O-])[N+](=O)[O-]. The van der Waals surface area contributed by atoms with Gasteiger partial charge in [-0.2, -0.15) is 4.79 Å². The Morgan fingerprint density at radius 1 is 1.33 bits per heavy atom. The third-order valence-electron chi connectivity index (χ3n) is 1.67. The van der Waals surface area contributed by atoms with E-state index in [-0.39, 0.29) is 10.8 Å². The Bertz CT molecular complexity index is 394. The van der Waals surface area contributed by atoms with E-state index < -0.39 is 16.1 Å². The Morgan fingerprint density at radius 2 is 1.93 bits per heavy atom. The minimum absolute atomic E-state index is 0.175. The number of rotatable bonds is 3. The van der Waals surface area contributed by atoms with Crippen LogP contribution in [0.3, 0.4) is 0 Å². The third kappa shape index (κ3) is 2.03. The molecule has 0 aromatic heterocycles. The molecule has 0 aliphatic heterocycles. The van der Waals surface area contributed by atoms with Gasteiger partial charge in [0.15, 0.2) is 5.12 Å². The molecular weight excluding hydrogens is 206 g/mol. The van der Waals surface area contributed by atoms with Crippen LogP contribution in [0.4, 0.5) is 0 Å². The molecule has 0 radical (unpaired) electrons. The van der Waals surface area contributed by atoms with Gasteiger partial charge in [-0.1, -0.05) is 12.2 Å². The molecule has 0 heterocycles. The second kappa shape index (κ2) is 4.11. The smallest absolute Gasteiger partial charge is 0.331 e. The molecule has 0 aromatic rings. The average molecular weight is 211 g/mol. The number of hydrazine groups is 2. The largest absolute Gasteiger partial charge is 0.361 e. The first-order valence-electron chi connectivity index (χ1n) is 3.72. The molecule has 0 fully saturated rings. The summed E-state index contributed by atoms with van der Waals surface area (Å²) in [5, 5.41) is 18.2. The molecule has 0 amide bonds. The molecule has 1 rings (SSSR count). The molecule has 1 atom stereocenters. The van der Waals surface area contributed by atoms with Crippen LogP contribution in [-0.4, -0.2) is 31.7 Å². The summed E-state index contributed by atoms with van der Waals surface area (Å²) < 4.78 is 0. The highest BCUT2D eigenvalue weighted by atomic mass is 16.8. The van der Waals surface area contributed by atoms with Crippen LogP contribution in [0.25, 0.3) is 5.53 Å². The Labute approximate surface area is 82.8 Å². The van der Waals surface area contributed by atoms with Gasteiger partial charge in [0.25, 0.3) is 6.04 Å². The summed E-state index contributed by atoms with van der Waals surface area (Å²) in [4.78, 5) is 23.5. The van der Waals surface area contributed by atoms with E-state index in [0.717, 1.165) is 0 Å². The Morgan fingerprint density at radius 3 is 2.40 bits per heavy atom. The quantitative estimate of drug-likeness (QED) is 0.277. The van der Waals surface area contributed by atoms with Crippen LogP contribution in [0.2, 0.25) is 0 Å². The topological polar surface area (TPSA) is 126 Å². The van der Waals surface area contributed by atoms with E-state index in [2.05, 4.69) is 4.79 Å². The van der Waals surface area contributed by atoms with E-state index in [4.69, 9.17) is 5.53 Å². The fourth-order valence-corrected chi connectivity index (χ4v) is 1.07. The first-order chi connectivity index (χ1) is 7.07. The van der Waals surface area contributed by atoms with Crippen LogP contribution in [0.1, 0.15) is 0 Å². The Hall–Kier alpha value is -2.54. The van der Waals surface area contributed by atoms with E-state index >= 15 is 0 Å². The van der Waals surface area contributed by atoms with Crippen molar-refractivity contribution in [1.82, 2.24) is 5.12 Å². The lowest BCUT2D eigenvalue weighted by Gasteiger charge is -2.09. The van der Waals surface area contributed by atoms with E-state index in [9.17, 15) is 20.2 Å². The summed E-state index contributed by atoms with van der Waals surface area (Å²) in [5.74, 6) is 0. The Balaban J connectivity index is 3.09. The van der Waals surface area contributed by atoms with Crippen LogP contribution in [0, 0.1) is 20.2 Å². The van der Waals surface area contributed by atoms with Gasteiger partial charge >= 0.3 is 5.71 Å². The fraction of sp³-hybridized carbons (Fsp3) is 0.167. The molecule has 1 aliphatic rings. The molecule has 1 aliphatic carbocycles. The zero-order valence-corrected chi connectivity index (χ0v) is 7.26. The summed E-state index contributed by atoms with van der Waals surface area (Å²) in [6, 6.07) is -1.31. The highest BCUT2D eigenvalue weighted by molar-refractivity contribution is 5.97. The molecule has 1 unspecified atom stereocenters. The standard InChI is InChI=1S/C6H5N5O4/c7-8-5-3-1-2-4-6(5)9(10(12)13)11(14)15/h1-4,6H.